The largest absolute Gasteiger partial charge is 0.348 e. The van der Waals surface area contributed by atoms with Gasteiger partial charge in [-0.25, -0.2) is 0 Å². The maximum Gasteiger partial charge on any atom is 0.230 e. The van der Waals surface area contributed by atoms with Gasteiger partial charge in [0, 0.05) is 17.5 Å². The molecule has 130 valence electrons. The summed E-state index contributed by atoms with van der Waals surface area (Å²) in [5.41, 5.74) is 0.821. The maximum absolute atomic E-state index is 12.2. The molecule has 0 aliphatic carbocycles. The van der Waals surface area contributed by atoms with Crippen molar-refractivity contribution < 1.29 is 4.79 Å². The fourth-order valence-corrected chi connectivity index (χ4v) is 4.02. The molecule has 8 heteroatoms. The van der Waals surface area contributed by atoms with E-state index in [-0.39, 0.29) is 17.7 Å². The van der Waals surface area contributed by atoms with Gasteiger partial charge in [0.15, 0.2) is 11.0 Å². The monoisotopic (exact) mass is 392 g/mol. The van der Waals surface area contributed by atoms with Gasteiger partial charge in [-0.2, -0.15) is 0 Å². The van der Waals surface area contributed by atoms with Crippen LogP contribution in [0.5, 0.6) is 0 Å². The van der Waals surface area contributed by atoms with Crippen molar-refractivity contribution in [2.75, 3.05) is 5.75 Å². The van der Waals surface area contributed by atoms with Crippen LogP contribution in [0, 0.1) is 0 Å². The number of rotatable bonds is 6. The number of thiophene rings is 1. The minimum absolute atomic E-state index is 0.00582. The summed E-state index contributed by atoms with van der Waals surface area (Å²) in [4.78, 5) is 13.3. The first kappa shape index (κ1) is 18.0. The highest BCUT2D eigenvalue weighted by molar-refractivity contribution is 7.99. The summed E-state index contributed by atoms with van der Waals surface area (Å²) in [6.45, 7) is 1.98. The van der Waals surface area contributed by atoms with Crippen molar-refractivity contribution in [1.82, 2.24) is 20.1 Å². The van der Waals surface area contributed by atoms with Gasteiger partial charge < -0.3 is 9.88 Å². The van der Waals surface area contributed by atoms with Crippen LogP contribution in [0.4, 0.5) is 0 Å². The molecule has 0 saturated heterocycles. The van der Waals surface area contributed by atoms with E-state index >= 15 is 0 Å². The molecule has 0 bridgehead atoms. The van der Waals surface area contributed by atoms with E-state index in [0.29, 0.717) is 16.0 Å². The van der Waals surface area contributed by atoms with E-state index in [2.05, 4.69) is 15.5 Å². The van der Waals surface area contributed by atoms with Crippen LogP contribution in [0.3, 0.4) is 0 Å². The predicted octanol–water partition coefficient (Wildman–Crippen LogP) is 4.17. The van der Waals surface area contributed by atoms with Crippen LogP contribution in [0.1, 0.15) is 17.8 Å². The van der Waals surface area contributed by atoms with Gasteiger partial charge in [0.1, 0.15) is 0 Å². The average molecular weight is 393 g/mol. The first-order chi connectivity index (χ1) is 12.1. The summed E-state index contributed by atoms with van der Waals surface area (Å²) in [5, 5.41) is 14.7. The molecule has 5 nitrogen and oxygen atoms in total. The number of carbonyl (C=O) groups excluding carboxylic acids is 1. The zero-order valence-electron chi connectivity index (χ0n) is 13.8. The molecular weight excluding hydrogens is 376 g/mol. The fourth-order valence-electron chi connectivity index (χ4n) is 2.34. The minimum Gasteiger partial charge on any atom is -0.348 e. The van der Waals surface area contributed by atoms with Crippen LogP contribution >= 0.6 is 34.7 Å². The SMILES string of the molecule is CC(NC(=O)CSc1nnc(-c2ccccc2Cl)n1C)c1cccs1. The number of hydrogen-bond donors (Lipinski definition) is 1. The molecule has 2 aromatic heterocycles. The maximum atomic E-state index is 12.2. The molecule has 0 aliphatic heterocycles. The highest BCUT2D eigenvalue weighted by atomic mass is 35.5. The van der Waals surface area contributed by atoms with E-state index in [9.17, 15) is 4.79 Å². The molecule has 1 aromatic carbocycles. The van der Waals surface area contributed by atoms with E-state index in [4.69, 9.17) is 11.6 Å². The Morgan fingerprint density at radius 1 is 1.32 bits per heavy atom. The normalized spacial score (nSPS) is 12.1. The number of aromatic nitrogens is 3. The topological polar surface area (TPSA) is 59.8 Å². The zero-order valence-corrected chi connectivity index (χ0v) is 16.2. The van der Waals surface area contributed by atoms with Gasteiger partial charge in [0.05, 0.1) is 16.8 Å². The second-order valence-corrected chi connectivity index (χ2v) is 7.77. The van der Waals surface area contributed by atoms with Crippen LogP contribution in [0.15, 0.2) is 46.9 Å². The van der Waals surface area contributed by atoms with Crippen molar-refractivity contribution in [1.29, 1.82) is 0 Å². The molecule has 0 fully saturated rings. The third-order valence-corrected chi connectivity index (χ3v) is 6.03. The van der Waals surface area contributed by atoms with Crippen molar-refractivity contribution in [2.24, 2.45) is 7.05 Å². The summed E-state index contributed by atoms with van der Waals surface area (Å²) in [6, 6.07) is 11.5. The lowest BCUT2D eigenvalue weighted by molar-refractivity contribution is -0.119. The Labute approximate surface area is 159 Å². The van der Waals surface area contributed by atoms with Gasteiger partial charge in [0.2, 0.25) is 5.91 Å². The predicted molar refractivity (Wildman–Crippen MR) is 103 cm³/mol. The number of nitrogens with one attached hydrogen (secondary N) is 1. The summed E-state index contributed by atoms with van der Waals surface area (Å²) >= 11 is 9.21. The molecule has 1 N–H and O–H groups in total. The van der Waals surface area contributed by atoms with Crippen molar-refractivity contribution in [3.05, 3.63) is 51.7 Å². The lowest BCUT2D eigenvalue weighted by Crippen LogP contribution is -2.27. The van der Waals surface area contributed by atoms with Crippen LogP contribution in [-0.2, 0) is 11.8 Å². The standard InChI is InChI=1S/C17H17ClN4OS2/c1-11(14-8-5-9-24-14)19-15(23)10-25-17-21-20-16(22(17)2)12-6-3-4-7-13(12)18/h3-9,11H,10H2,1-2H3,(H,19,23). The Morgan fingerprint density at radius 3 is 2.84 bits per heavy atom. The third kappa shape index (κ3) is 4.23. The summed E-state index contributed by atoms with van der Waals surface area (Å²) < 4.78 is 1.85. The number of carbonyl (C=O) groups is 1. The Hall–Kier alpha value is -1.83. The molecule has 0 spiro atoms. The van der Waals surface area contributed by atoms with E-state index < -0.39 is 0 Å². The van der Waals surface area contributed by atoms with E-state index in [1.807, 2.05) is 60.3 Å². The smallest absolute Gasteiger partial charge is 0.230 e. The van der Waals surface area contributed by atoms with Crippen LogP contribution < -0.4 is 5.32 Å². The van der Waals surface area contributed by atoms with E-state index in [1.54, 1.807) is 11.3 Å². The summed E-state index contributed by atoms with van der Waals surface area (Å²) in [6.07, 6.45) is 0. The van der Waals surface area contributed by atoms with Crippen molar-refractivity contribution in [3.8, 4) is 11.4 Å². The van der Waals surface area contributed by atoms with E-state index in [1.165, 1.54) is 11.8 Å². The summed E-state index contributed by atoms with van der Waals surface area (Å²) in [7, 11) is 1.87. The fraction of sp³-hybridized carbons (Fsp3) is 0.235. The van der Waals surface area contributed by atoms with Crippen LogP contribution in [0.2, 0.25) is 5.02 Å². The molecule has 0 saturated carbocycles. The first-order valence-corrected chi connectivity index (χ1v) is 9.90. The third-order valence-electron chi connectivity index (χ3n) is 3.63. The lowest BCUT2D eigenvalue weighted by Gasteiger charge is -2.11. The summed E-state index contributed by atoms with van der Waals surface area (Å²) in [5.74, 6) is 0.929. The minimum atomic E-state index is -0.0341. The van der Waals surface area contributed by atoms with Gasteiger partial charge in [0.25, 0.3) is 0 Å². The second kappa shape index (κ2) is 8.03. The van der Waals surface area contributed by atoms with Gasteiger partial charge in [-0.1, -0.05) is 41.6 Å². The van der Waals surface area contributed by atoms with Crippen LogP contribution in [-0.4, -0.2) is 26.4 Å². The Morgan fingerprint density at radius 2 is 2.12 bits per heavy atom. The molecule has 0 aliphatic rings. The van der Waals surface area contributed by atoms with E-state index in [0.717, 1.165) is 10.4 Å². The molecule has 1 atom stereocenters. The number of thioether (sulfide) groups is 1. The Bertz CT molecular complexity index is 863. The number of amides is 1. The number of benzene rings is 1. The highest BCUT2D eigenvalue weighted by Crippen LogP contribution is 2.28. The quantitative estimate of drug-likeness (QED) is 0.639. The van der Waals surface area contributed by atoms with Crippen molar-refractivity contribution >= 4 is 40.6 Å². The molecular formula is C17H17ClN4OS2. The Balaban J connectivity index is 1.62. The number of hydrogen-bond acceptors (Lipinski definition) is 5. The van der Waals surface area contributed by atoms with Gasteiger partial charge in [-0.3, -0.25) is 4.79 Å². The second-order valence-electron chi connectivity index (χ2n) is 5.44. The van der Waals surface area contributed by atoms with Gasteiger partial charge >= 0.3 is 0 Å². The zero-order chi connectivity index (χ0) is 17.8. The molecule has 1 amide bonds. The molecule has 3 rings (SSSR count). The highest BCUT2D eigenvalue weighted by Gasteiger charge is 2.16. The van der Waals surface area contributed by atoms with Gasteiger partial charge in [-0.15, -0.1) is 21.5 Å². The molecule has 2 heterocycles. The average Bonchev–Trinajstić information content (AvgIpc) is 3.24. The molecule has 1 unspecified atom stereocenters. The lowest BCUT2D eigenvalue weighted by atomic mass is 10.2. The number of halogens is 1. The number of nitrogens with zero attached hydrogens (tertiary/aromatic N) is 3. The molecule has 25 heavy (non-hydrogen) atoms. The Kier molecular flexibility index (Phi) is 5.78. The molecule has 3 aromatic rings. The van der Waals surface area contributed by atoms with Crippen molar-refractivity contribution in [2.45, 2.75) is 18.1 Å². The van der Waals surface area contributed by atoms with Crippen LogP contribution in [0.25, 0.3) is 11.4 Å². The first-order valence-electron chi connectivity index (χ1n) is 7.66. The molecule has 0 radical (unpaired) electrons. The van der Waals surface area contributed by atoms with Crippen molar-refractivity contribution in [3.63, 3.8) is 0 Å². The van der Waals surface area contributed by atoms with Gasteiger partial charge in [-0.05, 0) is 30.5 Å².